The Labute approximate surface area is 95.4 Å². The van der Waals surface area contributed by atoms with Crippen molar-refractivity contribution in [1.29, 1.82) is 0 Å². The molecule has 0 saturated carbocycles. The average Bonchev–Trinajstić information content (AvgIpc) is 2.23. The Balaban J connectivity index is 2.75. The number of hydrogen-bond acceptors (Lipinski definition) is 2. The molecule has 0 aliphatic carbocycles. The Kier molecular flexibility index (Phi) is 2.50. The van der Waals surface area contributed by atoms with Crippen LogP contribution in [0.4, 0.5) is 5.69 Å². The number of non-ortho nitro benzene ring substituents is 1. The number of nitro benzene ring substituents is 1. The monoisotopic (exact) mass is 241 g/mol. The second-order valence-corrected chi connectivity index (χ2v) is 3.81. The van der Waals surface area contributed by atoms with Crippen LogP contribution in [0.2, 0.25) is 10.0 Å². The molecule has 3 nitrogen and oxygen atoms in total. The molecule has 2 aromatic carbocycles. The summed E-state index contributed by atoms with van der Waals surface area (Å²) in [6, 6.07) is 7.80. The molecule has 0 bridgehead atoms. The summed E-state index contributed by atoms with van der Waals surface area (Å²) in [6.07, 6.45) is 0. The molecule has 0 aliphatic heterocycles. The Bertz CT molecular complexity index is 554. The zero-order chi connectivity index (χ0) is 11.0. The molecule has 2 aromatic rings. The number of halogens is 2. The first-order valence-electron chi connectivity index (χ1n) is 4.12. The normalized spacial score (nSPS) is 10.5. The minimum Gasteiger partial charge on any atom is -0.258 e. The Morgan fingerprint density at radius 3 is 2.53 bits per heavy atom. The number of rotatable bonds is 1. The van der Waals surface area contributed by atoms with E-state index in [-0.39, 0.29) is 5.69 Å². The molecule has 0 spiro atoms. The molecular weight excluding hydrogens is 237 g/mol. The summed E-state index contributed by atoms with van der Waals surface area (Å²) in [5.41, 5.74) is 0.0425. The van der Waals surface area contributed by atoms with Crippen molar-refractivity contribution in [2.24, 2.45) is 0 Å². The summed E-state index contributed by atoms with van der Waals surface area (Å²) in [6.45, 7) is 0. The van der Waals surface area contributed by atoms with Gasteiger partial charge in [0, 0.05) is 17.5 Å². The molecule has 0 saturated heterocycles. The maximum absolute atomic E-state index is 10.5. The lowest BCUT2D eigenvalue weighted by molar-refractivity contribution is -0.384. The van der Waals surface area contributed by atoms with Gasteiger partial charge in [-0.05, 0) is 17.5 Å². The van der Waals surface area contributed by atoms with Crippen molar-refractivity contribution in [3.8, 4) is 0 Å². The van der Waals surface area contributed by atoms with E-state index < -0.39 is 4.92 Å². The van der Waals surface area contributed by atoms with E-state index in [1.807, 2.05) is 0 Å². The zero-order valence-corrected chi connectivity index (χ0v) is 8.92. The second-order valence-electron chi connectivity index (χ2n) is 3.02. The highest BCUT2D eigenvalue weighted by atomic mass is 35.5. The topological polar surface area (TPSA) is 43.1 Å². The van der Waals surface area contributed by atoms with Crippen molar-refractivity contribution >= 4 is 39.7 Å². The van der Waals surface area contributed by atoms with E-state index in [9.17, 15) is 10.1 Å². The summed E-state index contributed by atoms with van der Waals surface area (Å²) >= 11 is 11.8. The summed E-state index contributed by atoms with van der Waals surface area (Å²) in [5, 5.41) is 12.8. The van der Waals surface area contributed by atoms with Crippen molar-refractivity contribution in [2.75, 3.05) is 0 Å². The molecule has 76 valence electrons. The van der Waals surface area contributed by atoms with E-state index in [0.29, 0.717) is 15.4 Å². The van der Waals surface area contributed by atoms with Gasteiger partial charge >= 0.3 is 0 Å². The second kappa shape index (κ2) is 3.68. The van der Waals surface area contributed by atoms with Crippen molar-refractivity contribution in [3.05, 3.63) is 50.5 Å². The van der Waals surface area contributed by atoms with Gasteiger partial charge in [-0.25, -0.2) is 0 Å². The molecule has 5 heteroatoms. The quantitative estimate of drug-likeness (QED) is 0.559. The van der Waals surface area contributed by atoms with Crippen LogP contribution in [0.3, 0.4) is 0 Å². The van der Waals surface area contributed by atoms with Gasteiger partial charge in [-0.2, -0.15) is 0 Å². The molecule has 0 unspecified atom stereocenters. The van der Waals surface area contributed by atoms with E-state index in [0.717, 1.165) is 5.39 Å². The van der Waals surface area contributed by atoms with E-state index >= 15 is 0 Å². The van der Waals surface area contributed by atoms with Crippen molar-refractivity contribution in [2.45, 2.75) is 0 Å². The highest BCUT2D eigenvalue weighted by Gasteiger charge is 2.09. The predicted molar refractivity (Wildman–Crippen MR) is 60.6 cm³/mol. The van der Waals surface area contributed by atoms with Gasteiger partial charge in [-0.15, -0.1) is 0 Å². The highest BCUT2D eigenvalue weighted by Crippen LogP contribution is 2.32. The average molecular weight is 242 g/mol. The Morgan fingerprint density at radius 2 is 1.87 bits per heavy atom. The first-order valence-corrected chi connectivity index (χ1v) is 4.87. The summed E-state index contributed by atoms with van der Waals surface area (Å²) < 4.78 is 0. The van der Waals surface area contributed by atoms with Crippen LogP contribution in [0.5, 0.6) is 0 Å². The fourth-order valence-corrected chi connectivity index (χ4v) is 1.77. The van der Waals surface area contributed by atoms with Gasteiger partial charge in [-0.1, -0.05) is 29.3 Å². The minimum absolute atomic E-state index is 0.0425. The van der Waals surface area contributed by atoms with Gasteiger partial charge < -0.3 is 0 Å². The standard InChI is InChI=1S/C10H5Cl2NO2/c11-9-4-1-6-5-7(13(14)15)2-3-8(6)10(9)12/h1-5H. The number of benzene rings is 2. The molecule has 0 radical (unpaired) electrons. The predicted octanol–water partition coefficient (Wildman–Crippen LogP) is 4.05. The molecule has 0 atom stereocenters. The smallest absolute Gasteiger partial charge is 0.258 e. The van der Waals surface area contributed by atoms with Crippen LogP contribution in [0.1, 0.15) is 0 Å². The molecule has 2 rings (SSSR count). The first kappa shape index (κ1) is 10.2. The lowest BCUT2D eigenvalue weighted by Gasteiger charge is -2.01. The molecular formula is C10H5Cl2NO2. The number of fused-ring (bicyclic) bond motifs is 1. The maximum atomic E-state index is 10.5. The molecule has 0 aliphatic rings. The van der Waals surface area contributed by atoms with Crippen LogP contribution in [0.15, 0.2) is 30.3 Å². The van der Waals surface area contributed by atoms with Gasteiger partial charge in [0.1, 0.15) is 0 Å². The fraction of sp³-hybridized carbons (Fsp3) is 0. The minimum atomic E-state index is -0.443. The Hall–Kier alpha value is -1.32. The third kappa shape index (κ3) is 1.76. The van der Waals surface area contributed by atoms with Crippen LogP contribution in [-0.2, 0) is 0 Å². The highest BCUT2D eigenvalue weighted by molar-refractivity contribution is 6.45. The summed E-state index contributed by atoms with van der Waals surface area (Å²) in [5.74, 6) is 0. The van der Waals surface area contributed by atoms with Gasteiger partial charge in [0.05, 0.1) is 15.0 Å². The molecule has 0 fully saturated rings. The summed E-state index contributed by atoms with van der Waals surface area (Å²) in [4.78, 5) is 10.1. The lowest BCUT2D eigenvalue weighted by atomic mass is 10.1. The first-order chi connectivity index (χ1) is 7.09. The largest absolute Gasteiger partial charge is 0.270 e. The van der Waals surface area contributed by atoms with Gasteiger partial charge in [0.15, 0.2) is 0 Å². The van der Waals surface area contributed by atoms with E-state index in [2.05, 4.69) is 0 Å². The fourth-order valence-electron chi connectivity index (χ4n) is 1.37. The molecule has 0 N–H and O–H groups in total. The third-order valence-corrected chi connectivity index (χ3v) is 2.92. The van der Waals surface area contributed by atoms with Crippen LogP contribution >= 0.6 is 23.2 Å². The van der Waals surface area contributed by atoms with Crippen molar-refractivity contribution < 1.29 is 4.92 Å². The van der Waals surface area contributed by atoms with Crippen LogP contribution in [0.25, 0.3) is 10.8 Å². The van der Waals surface area contributed by atoms with Crippen molar-refractivity contribution in [3.63, 3.8) is 0 Å². The van der Waals surface area contributed by atoms with Crippen molar-refractivity contribution in [1.82, 2.24) is 0 Å². The van der Waals surface area contributed by atoms with Gasteiger partial charge in [-0.3, -0.25) is 10.1 Å². The molecule has 0 aromatic heterocycles. The number of nitrogens with zero attached hydrogens (tertiary/aromatic N) is 1. The van der Waals surface area contributed by atoms with Crippen LogP contribution in [-0.4, -0.2) is 4.92 Å². The SMILES string of the molecule is O=[N+]([O-])c1ccc2c(Cl)c(Cl)ccc2c1. The molecule has 0 heterocycles. The molecule has 15 heavy (non-hydrogen) atoms. The molecule has 0 amide bonds. The van der Waals surface area contributed by atoms with Crippen LogP contribution < -0.4 is 0 Å². The lowest BCUT2D eigenvalue weighted by Crippen LogP contribution is -1.87. The zero-order valence-electron chi connectivity index (χ0n) is 7.41. The maximum Gasteiger partial charge on any atom is 0.270 e. The number of nitro groups is 1. The van der Waals surface area contributed by atoms with Gasteiger partial charge in [0.2, 0.25) is 0 Å². The van der Waals surface area contributed by atoms with Crippen LogP contribution in [0, 0.1) is 10.1 Å². The third-order valence-electron chi connectivity index (χ3n) is 2.10. The number of hydrogen-bond donors (Lipinski definition) is 0. The van der Waals surface area contributed by atoms with E-state index in [4.69, 9.17) is 23.2 Å². The summed E-state index contributed by atoms with van der Waals surface area (Å²) in [7, 11) is 0. The van der Waals surface area contributed by atoms with Gasteiger partial charge in [0.25, 0.3) is 5.69 Å². The van der Waals surface area contributed by atoms with E-state index in [1.54, 1.807) is 18.2 Å². The van der Waals surface area contributed by atoms with E-state index in [1.165, 1.54) is 12.1 Å². The Morgan fingerprint density at radius 1 is 1.13 bits per heavy atom.